The van der Waals surface area contributed by atoms with E-state index in [2.05, 4.69) is 20.7 Å². The Bertz CT molecular complexity index is 491. The molecule has 1 aromatic heterocycles. The van der Waals surface area contributed by atoms with Crippen LogP contribution in [0, 0.1) is 10.1 Å². The van der Waals surface area contributed by atoms with Crippen LogP contribution in [0.2, 0.25) is 0 Å². The van der Waals surface area contributed by atoms with Gasteiger partial charge >= 0.3 is 5.69 Å². The van der Waals surface area contributed by atoms with Crippen LogP contribution in [0.25, 0.3) is 0 Å². The topological polar surface area (TPSA) is 139 Å². The van der Waals surface area contributed by atoms with Gasteiger partial charge in [-0.05, 0) is 6.92 Å². The molecule has 1 heterocycles. The number of likely N-dealkylation sites (N-methyl/N-ethyl adjacent to an activating group) is 1. The van der Waals surface area contributed by atoms with Crippen LogP contribution in [-0.2, 0) is 4.79 Å². The van der Waals surface area contributed by atoms with Crippen LogP contribution in [0.3, 0.4) is 0 Å². The molecule has 10 nitrogen and oxygen atoms in total. The maximum atomic E-state index is 11.7. The van der Waals surface area contributed by atoms with Crippen LogP contribution in [0.1, 0.15) is 6.92 Å². The summed E-state index contributed by atoms with van der Waals surface area (Å²) in [6.45, 7) is 1.57. The van der Waals surface area contributed by atoms with E-state index in [0.717, 1.165) is 6.33 Å². The van der Waals surface area contributed by atoms with Gasteiger partial charge in [0.1, 0.15) is 12.4 Å². The minimum atomic E-state index is -0.676. The molecule has 0 aliphatic heterocycles. The van der Waals surface area contributed by atoms with E-state index in [9.17, 15) is 14.9 Å². The molecule has 0 aliphatic carbocycles. The fourth-order valence-electron chi connectivity index (χ4n) is 1.42. The minimum Gasteiger partial charge on any atom is -0.353 e. The number of carbonyl (C=O) groups excluding carboxylic acids is 1. The lowest BCUT2D eigenvalue weighted by Crippen LogP contribution is -2.37. The number of hydrazine groups is 1. The molecule has 0 radical (unpaired) electrons. The second-order valence-corrected chi connectivity index (χ2v) is 3.92. The van der Waals surface area contributed by atoms with Crippen LogP contribution in [0.5, 0.6) is 0 Å². The van der Waals surface area contributed by atoms with Crippen molar-refractivity contribution in [1.29, 1.82) is 0 Å². The van der Waals surface area contributed by atoms with Crippen molar-refractivity contribution in [3.05, 3.63) is 16.4 Å². The molecule has 0 saturated carbocycles. The first-order valence-electron chi connectivity index (χ1n) is 5.32. The summed E-state index contributed by atoms with van der Waals surface area (Å²) < 4.78 is 0. The lowest BCUT2D eigenvalue weighted by atomic mass is 10.3. The Morgan fingerprint density at radius 1 is 1.47 bits per heavy atom. The Morgan fingerprint density at radius 3 is 2.53 bits per heavy atom. The molecular weight excluding hydrogens is 254 g/mol. The average Bonchev–Trinajstić information content (AvgIpc) is 2.36. The Kier molecular flexibility index (Phi) is 4.53. The monoisotopic (exact) mass is 269 g/mol. The first-order chi connectivity index (χ1) is 8.88. The number of nitrogens with two attached hydrogens (primary N) is 1. The minimum absolute atomic E-state index is 0.0735. The van der Waals surface area contributed by atoms with Crippen molar-refractivity contribution in [3.8, 4) is 0 Å². The number of carbonyl (C=O) groups is 1. The van der Waals surface area contributed by atoms with Crippen LogP contribution in [-0.4, -0.2) is 45.8 Å². The lowest BCUT2D eigenvalue weighted by Gasteiger charge is -2.18. The second kappa shape index (κ2) is 5.91. The molecule has 4 N–H and O–H groups in total. The fraction of sp³-hybridized carbons (Fsp3) is 0.444. The quantitative estimate of drug-likeness (QED) is 0.371. The molecule has 1 atom stereocenters. The number of hydrogen-bond acceptors (Lipinski definition) is 8. The number of aromatic nitrogens is 2. The Balaban J connectivity index is 3.08. The molecule has 0 spiro atoms. The number of amides is 1. The summed E-state index contributed by atoms with van der Waals surface area (Å²) in [5.41, 5.74) is 1.70. The summed E-state index contributed by atoms with van der Waals surface area (Å²) in [7, 11) is 3.17. The van der Waals surface area contributed by atoms with Gasteiger partial charge in [0, 0.05) is 14.1 Å². The number of rotatable bonds is 5. The molecular formula is C9H15N7O3. The fourth-order valence-corrected chi connectivity index (χ4v) is 1.42. The van der Waals surface area contributed by atoms with Gasteiger partial charge in [0.25, 0.3) is 0 Å². The molecule has 0 bridgehead atoms. The zero-order valence-corrected chi connectivity index (χ0v) is 10.7. The van der Waals surface area contributed by atoms with Gasteiger partial charge in [0.2, 0.25) is 17.5 Å². The Hall–Kier alpha value is -2.49. The SMILES string of the molecule is CC(Nc1ncnc(NN)c1[N+](=O)[O-])C(=O)N(C)C. The van der Waals surface area contributed by atoms with Crippen molar-refractivity contribution in [2.45, 2.75) is 13.0 Å². The highest BCUT2D eigenvalue weighted by Gasteiger charge is 2.25. The lowest BCUT2D eigenvalue weighted by molar-refractivity contribution is -0.383. The third kappa shape index (κ3) is 3.25. The maximum absolute atomic E-state index is 11.7. The largest absolute Gasteiger partial charge is 0.354 e. The number of nitrogens with one attached hydrogen (secondary N) is 2. The van der Waals surface area contributed by atoms with Crippen LogP contribution in [0.15, 0.2) is 6.33 Å². The summed E-state index contributed by atoms with van der Waals surface area (Å²) >= 11 is 0. The van der Waals surface area contributed by atoms with Gasteiger partial charge in [-0.15, -0.1) is 0 Å². The van der Waals surface area contributed by atoms with E-state index in [1.807, 2.05) is 0 Å². The van der Waals surface area contributed by atoms with E-state index < -0.39 is 16.7 Å². The third-order valence-corrected chi connectivity index (χ3v) is 2.31. The zero-order chi connectivity index (χ0) is 14.6. The molecule has 19 heavy (non-hydrogen) atoms. The van der Waals surface area contributed by atoms with Crippen molar-refractivity contribution >= 4 is 23.2 Å². The first kappa shape index (κ1) is 14.6. The summed E-state index contributed by atoms with van der Waals surface area (Å²) in [6.07, 6.45) is 1.11. The van der Waals surface area contributed by atoms with Crippen molar-refractivity contribution in [2.24, 2.45) is 5.84 Å². The molecule has 0 fully saturated rings. The second-order valence-electron chi connectivity index (χ2n) is 3.92. The normalized spacial score (nSPS) is 11.6. The smallest absolute Gasteiger partial charge is 0.353 e. The van der Waals surface area contributed by atoms with E-state index in [4.69, 9.17) is 5.84 Å². The van der Waals surface area contributed by atoms with E-state index in [1.165, 1.54) is 4.90 Å². The third-order valence-electron chi connectivity index (χ3n) is 2.31. The van der Waals surface area contributed by atoms with Gasteiger partial charge in [-0.1, -0.05) is 0 Å². The molecule has 104 valence electrons. The van der Waals surface area contributed by atoms with Gasteiger partial charge in [-0.25, -0.2) is 15.8 Å². The summed E-state index contributed by atoms with van der Waals surface area (Å²) in [5.74, 6) is 4.70. The van der Waals surface area contributed by atoms with Gasteiger partial charge in [-0.3, -0.25) is 14.9 Å². The molecule has 0 aliphatic rings. The molecule has 0 saturated heterocycles. The van der Waals surface area contributed by atoms with Crippen LogP contribution < -0.4 is 16.6 Å². The summed E-state index contributed by atoms with van der Waals surface area (Å²) in [5, 5.41) is 13.6. The molecule has 0 aromatic carbocycles. The number of anilines is 2. The van der Waals surface area contributed by atoms with E-state index in [0.29, 0.717) is 0 Å². The zero-order valence-electron chi connectivity index (χ0n) is 10.7. The number of hydrogen-bond donors (Lipinski definition) is 3. The molecule has 10 heteroatoms. The summed E-state index contributed by atoms with van der Waals surface area (Å²) in [6, 6.07) is -0.672. The number of nitro groups is 1. The number of nitrogen functional groups attached to an aromatic ring is 1. The van der Waals surface area contributed by atoms with Gasteiger partial charge in [0.05, 0.1) is 4.92 Å². The van der Waals surface area contributed by atoms with Crippen molar-refractivity contribution in [2.75, 3.05) is 24.8 Å². The predicted molar refractivity (Wildman–Crippen MR) is 68.3 cm³/mol. The molecule has 1 amide bonds. The molecule has 1 rings (SSSR count). The maximum Gasteiger partial charge on any atom is 0.354 e. The van der Waals surface area contributed by atoms with E-state index >= 15 is 0 Å². The van der Waals surface area contributed by atoms with Crippen molar-refractivity contribution in [1.82, 2.24) is 14.9 Å². The highest BCUT2D eigenvalue weighted by atomic mass is 16.6. The molecule has 1 aromatic rings. The average molecular weight is 269 g/mol. The van der Waals surface area contributed by atoms with Crippen LogP contribution in [0.4, 0.5) is 17.3 Å². The predicted octanol–water partition coefficient (Wildman–Crippen LogP) is -0.441. The van der Waals surface area contributed by atoms with Gasteiger partial charge in [0.15, 0.2) is 0 Å². The highest BCUT2D eigenvalue weighted by molar-refractivity contribution is 5.84. The highest BCUT2D eigenvalue weighted by Crippen LogP contribution is 2.28. The number of nitrogens with zero attached hydrogens (tertiary/aromatic N) is 4. The van der Waals surface area contributed by atoms with Gasteiger partial charge < -0.3 is 15.6 Å². The standard InChI is InChI=1S/C9H15N7O3/c1-5(9(17)15(2)3)13-7-6(16(18)19)8(14-10)12-4-11-7/h4-5H,10H2,1-3H3,(H2,11,12,13,14). The molecule has 1 unspecified atom stereocenters. The Morgan fingerprint density at radius 2 is 2.05 bits per heavy atom. The van der Waals surface area contributed by atoms with E-state index in [1.54, 1.807) is 21.0 Å². The van der Waals surface area contributed by atoms with Crippen molar-refractivity contribution < 1.29 is 9.72 Å². The van der Waals surface area contributed by atoms with Gasteiger partial charge in [-0.2, -0.15) is 0 Å². The van der Waals surface area contributed by atoms with Crippen LogP contribution >= 0.6 is 0 Å². The Labute approximate surface area is 109 Å². The summed E-state index contributed by atoms with van der Waals surface area (Å²) in [4.78, 5) is 30.8. The van der Waals surface area contributed by atoms with E-state index in [-0.39, 0.29) is 17.5 Å². The van der Waals surface area contributed by atoms with Crippen molar-refractivity contribution in [3.63, 3.8) is 0 Å². The first-order valence-corrected chi connectivity index (χ1v) is 5.32.